The van der Waals surface area contributed by atoms with E-state index in [0.29, 0.717) is 6.10 Å². The third kappa shape index (κ3) is 2.08. The molecule has 2 heteroatoms. The largest absolute Gasteiger partial charge is 0.358 e. The Morgan fingerprint density at radius 2 is 2.08 bits per heavy atom. The molecule has 1 unspecified atom stereocenters. The first-order chi connectivity index (χ1) is 6.36. The van der Waals surface area contributed by atoms with Gasteiger partial charge in [-0.25, -0.2) is 0 Å². The van der Waals surface area contributed by atoms with Crippen molar-refractivity contribution in [3.8, 4) is 0 Å². The third-order valence-electron chi connectivity index (χ3n) is 2.44. The molecule has 1 heterocycles. The highest BCUT2D eigenvalue weighted by molar-refractivity contribution is 5.17. The molecule has 1 saturated heterocycles. The highest BCUT2D eigenvalue weighted by Gasteiger charge is 2.17. The van der Waals surface area contributed by atoms with E-state index in [1.165, 1.54) is 5.56 Å². The zero-order valence-electron chi connectivity index (χ0n) is 7.94. The summed E-state index contributed by atoms with van der Waals surface area (Å²) in [6.07, 6.45) is 1.40. The minimum atomic E-state index is 0.303. The predicted molar refractivity (Wildman–Crippen MR) is 52.4 cm³/mol. The molecule has 0 N–H and O–H groups in total. The number of nitrogens with zero attached hydrogens (tertiary/aromatic N) is 1. The molecule has 0 radical (unpaired) electrons. The molecule has 0 aromatic heterocycles. The average molecular weight is 177 g/mol. The molecule has 0 saturated carbocycles. The lowest BCUT2D eigenvalue weighted by Gasteiger charge is -2.29. The summed E-state index contributed by atoms with van der Waals surface area (Å²) >= 11 is 0. The maximum Gasteiger partial charge on any atom is 0.0996 e. The van der Waals surface area contributed by atoms with Crippen molar-refractivity contribution in [2.75, 3.05) is 20.3 Å². The van der Waals surface area contributed by atoms with Gasteiger partial charge in [0.1, 0.15) is 0 Å². The first-order valence-corrected chi connectivity index (χ1v) is 4.71. The fourth-order valence-electron chi connectivity index (χ4n) is 1.63. The van der Waals surface area contributed by atoms with Crippen LogP contribution in [0.15, 0.2) is 30.3 Å². The van der Waals surface area contributed by atoms with Crippen molar-refractivity contribution >= 4 is 0 Å². The van der Waals surface area contributed by atoms with Crippen LogP contribution < -0.4 is 0 Å². The Balaban J connectivity index is 2.03. The Bertz CT molecular complexity index is 252. The lowest BCUT2D eigenvalue weighted by Crippen LogP contribution is -2.31. The van der Waals surface area contributed by atoms with Crippen molar-refractivity contribution in [2.24, 2.45) is 0 Å². The van der Waals surface area contributed by atoms with Crippen LogP contribution >= 0.6 is 0 Å². The van der Waals surface area contributed by atoms with E-state index in [0.717, 1.165) is 19.7 Å². The van der Waals surface area contributed by atoms with Gasteiger partial charge in [-0.2, -0.15) is 0 Å². The fourth-order valence-corrected chi connectivity index (χ4v) is 1.63. The number of ether oxygens (including phenoxy) is 1. The minimum Gasteiger partial charge on any atom is -0.358 e. The van der Waals surface area contributed by atoms with E-state index in [1.807, 2.05) is 6.07 Å². The van der Waals surface area contributed by atoms with E-state index in [9.17, 15) is 0 Å². The van der Waals surface area contributed by atoms with Crippen LogP contribution in [0.25, 0.3) is 0 Å². The zero-order chi connectivity index (χ0) is 9.10. The molecule has 0 spiro atoms. The van der Waals surface area contributed by atoms with Crippen molar-refractivity contribution in [1.29, 1.82) is 0 Å². The topological polar surface area (TPSA) is 12.5 Å². The van der Waals surface area contributed by atoms with Gasteiger partial charge >= 0.3 is 0 Å². The molecule has 13 heavy (non-hydrogen) atoms. The highest BCUT2D eigenvalue weighted by atomic mass is 16.5. The van der Waals surface area contributed by atoms with Crippen LogP contribution in [0.4, 0.5) is 0 Å². The molecule has 1 atom stereocenters. The van der Waals surface area contributed by atoms with Gasteiger partial charge in [-0.05, 0) is 19.0 Å². The molecule has 1 aromatic carbocycles. The van der Waals surface area contributed by atoms with Crippen LogP contribution in [0, 0.1) is 0 Å². The summed E-state index contributed by atoms with van der Waals surface area (Å²) in [5.41, 5.74) is 1.30. The standard InChI is InChI=1S/C11H15NO/c1-12-8-7-11(13-9-12)10-5-3-2-4-6-10/h2-6,11H,7-9H2,1H3. The predicted octanol–water partition coefficient (Wildman–Crippen LogP) is 2.04. The van der Waals surface area contributed by atoms with Crippen molar-refractivity contribution in [1.82, 2.24) is 4.90 Å². The summed E-state index contributed by atoms with van der Waals surface area (Å²) in [4.78, 5) is 2.19. The van der Waals surface area contributed by atoms with Gasteiger partial charge in [0.2, 0.25) is 0 Å². The summed E-state index contributed by atoms with van der Waals surface area (Å²) in [5, 5.41) is 0. The summed E-state index contributed by atoms with van der Waals surface area (Å²) in [5.74, 6) is 0. The summed E-state index contributed by atoms with van der Waals surface area (Å²) in [7, 11) is 2.08. The summed E-state index contributed by atoms with van der Waals surface area (Å²) in [6.45, 7) is 1.87. The maximum absolute atomic E-state index is 5.70. The molecule has 1 aromatic rings. The zero-order valence-corrected chi connectivity index (χ0v) is 7.94. The molecule has 2 nitrogen and oxygen atoms in total. The summed E-state index contributed by atoms with van der Waals surface area (Å²) < 4.78 is 5.70. The van der Waals surface area contributed by atoms with Crippen molar-refractivity contribution in [2.45, 2.75) is 12.5 Å². The molecular formula is C11H15NO. The van der Waals surface area contributed by atoms with Gasteiger partial charge in [-0.15, -0.1) is 0 Å². The lowest BCUT2D eigenvalue weighted by molar-refractivity contribution is -0.0594. The molecule has 0 bridgehead atoms. The Hall–Kier alpha value is -0.860. The van der Waals surface area contributed by atoms with Crippen LogP contribution in [0.1, 0.15) is 18.1 Å². The molecule has 2 rings (SSSR count). The number of benzene rings is 1. The Kier molecular flexibility index (Phi) is 2.62. The third-order valence-corrected chi connectivity index (χ3v) is 2.44. The van der Waals surface area contributed by atoms with Gasteiger partial charge in [0, 0.05) is 6.54 Å². The second-order valence-electron chi connectivity index (χ2n) is 3.56. The Morgan fingerprint density at radius 1 is 1.31 bits per heavy atom. The van der Waals surface area contributed by atoms with E-state index in [4.69, 9.17) is 4.74 Å². The van der Waals surface area contributed by atoms with Crippen molar-refractivity contribution in [3.63, 3.8) is 0 Å². The van der Waals surface area contributed by atoms with Crippen LogP contribution in [0.3, 0.4) is 0 Å². The second kappa shape index (κ2) is 3.90. The van der Waals surface area contributed by atoms with Gasteiger partial charge in [-0.1, -0.05) is 30.3 Å². The first-order valence-electron chi connectivity index (χ1n) is 4.71. The molecule has 0 amide bonds. The van der Waals surface area contributed by atoms with Gasteiger partial charge in [0.05, 0.1) is 12.8 Å². The van der Waals surface area contributed by atoms with E-state index in [1.54, 1.807) is 0 Å². The maximum atomic E-state index is 5.70. The second-order valence-corrected chi connectivity index (χ2v) is 3.56. The van der Waals surface area contributed by atoms with E-state index in [-0.39, 0.29) is 0 Å². The number of rotatable bonds is 1. The Morgan fingerprint density at radius 3 is 2.69 bits per heavy atom. The van der Waals surface area contributed by atoms with Crippen molar-refractivity contribution in [3.05, 3.63) is 35.9 Å². The van der Waals surface area contributed by atoms with Crippen molar-refractivity contribution < 1.29 is 4.74 Å². The fraction of sp³-hybridized carbons (Fsp3) is 0.455. The van der Waals surface area contributed by atoms with Gasteiger partial charge in [0.25, 0.3) is 0 Å². The van der Waals surface area contributed by atoms with Gasteiger partial charge in [0.15, 0.2) is 0 Å². The van der Waals surface area contributed by atoms with E-state index >= 15 is 0 Å². The minimum absolute atomic E-state index is 0.303. The lowest BCUT2D eigenvalue weighted by atomic mass is 10.1. The van der Waals surface area contributed by atoms with Crippen LogP contribution in [-0.2, 0) is 4.74 Å². The van der Waals surface area contributed by atoms with E-state index in [2.05, 4.69) is 36.2 Å². The molecule has 1 aliphatic rings. The van der Waals surface area contributed by atoms with Gasteiger partial charge in [-0.3, -0.25) is 4.90 Å². The van der Waals surface area contributed by atoms with Crippen LogP contribution in [-0.4, -0.2) is 25.2 Å². The Labute approximate surface area is 79.1 Å². The quantitative estimate of drug-likeness (QED) is 0.651. The van der Waals surface area contributed by atoms with Gasteiger partial charge < -0.3 is 4.74 Å². The molecule has 70 valence electrons. The molecule has 0 aliphatic carbocycles. The SMILES string of the molecule is CN1CCC(c2ccccc2)OC1. The van der Waals surface area contributed by atoms with E-state index < -0.39 is 0 Å². The smallest absolute Gasteiger partial charge is 0.0996 e. The molecule has 1 fully saturated rings. The molecular weight excluding hydrogens is 162 g/mol. The normalized spacial score (nSPS) is 24.5. The molecule has 1 aliphatic heterocycles. The number of hydrogen-bond acceptors (Lipinski definition) is 2. The number of hydrogen-bond donors (Lipinski definition) is 0. The highest BCUT2D eigenvalue weighted by Crippen LogP contribution is 2.24. The van der Waals surface area contributed by atoms with Crippen LogP contribution in [0.5, 0.6) is 0 Å². The van der Waals surface area contributed by atoms with Crippen LogP contribution in [0.2, 0.25) is 0 Å². The first kappa shape index (κ1) is 8.73. The summed E-state index contributed by atoms with van der Waals surface area (Å²) in [6, 6.07) is 10.4. The average Bonchev–Trinajstić information content (AvgIpc) is 2.20. The monoisotopic (exact) mass is 177 g/mol.